The van der Waals surface area contributed by atoms with Gasteiger partial charge in [0.15, 0.2) is 0 Å². The molecule has 0 fully saturated rings. The molecule has 20 heavy (non-hydrogen) atoms. The Labute approximate surface area is 120 Å². The molecular formula is C14H20N2O3S. The third kappa shape index (κ3) is 3.58. The van der Waals surface area contributed by atoms with Gasteiger partial charge in [0, 0.05) is 26.1 Å². The molecule has 0 saturated carbocycles. The molecule has 1 aromatic carbocycles. The SMILES string of the molecule is CCC(=O)NCCS(=O)(=O)N1CCc2ccccc2C1. The lowest BCUT2D eigenvalue weighted by Gasteiger charge is -2.28. The van der Waals surface area contributed by atoms with Gasteiger partial charge in [-0.15, -0.1) is 0 Å². The smallest absolute Gasteiger partial charge is 0.219 e. The van der Waals surface area contributed by atoms with Crippen molar-refractivity contribution >= 4 is 15.9 Å². The van der Waals surface area contributed by atoms with E-state index in [2.05, 4.69) is 5.32 Å². The Morgan fingerprint density at radius 2 is 2.00 bits per heavy atom. The number of hydrogen-bond donors (Lipinski definition) is 1. The molecular weight excluding hydrogens is 276 g/mol. The zero-order valence-corrected chi connectivity index (χ0v) is 12.4. The van der Waals surface area contributed by atoms with Crippen molar-refractivity contribution in [2.24, 2.45) is 0 Å². The third-order valence-corrected chi connectivity index (χ3v) is 5.31. The first-order valence-electron chi connectivity index (χ1n) is 6.84. The van der Waals surface area contributed by atoms with Crippen molar-refractivity contribution in [3.05, 3.63) is 35.4 Å². The Morgan fingerprint density at radius 3 is 2.70 bits per heavy atom. The van der Waals surface area contributed by atoms with Crippen molar-refractivity contribution in [3.63, 3.8) is 0 Å². The average molecular weight is 296 g/mol. The molecule has 1 aliphatic rings. The second-order valence-electron chi connectivity index (χ2n) is 4.87. The maximum absolute atomic E-state index is 12.2. The minimum atomic E-state index is -3.31. The van der Waals surface area contributed by atoms with Gasteiger partial charge in [0.2, 0.25) is 15.9 Å². The summed E-state index contributed by atoms with van der Waals surface area (Å²) in [6.45, 7) is 2.86. The zero-order valence-electron chi connectivity index (χ0n) is 11.6. The number of nitrogens with one attached hydrogen (secondary N) is 1. The van der Waals surface area contributed by atoms with Gasteiger partial charge in [-0.1, -0.05) is 31.2 Å². The van der Waals surface area contributed by atoms with Gasteiger partial charge in [0.05, 0.1) is 5.75 Å². The van der Waals surface area contributed by atoms with E-state index in [9.17, 15) is 13.2 Å². The average Bonchev–Trinajstić information content (AvgIpc) is 2.46. The van der Waals surface area contributed by atoms with E-state index in [1.165, 1.54) is 9.87 Å². The number of carbonyl (C=O) groups is 1. The fourth-order valence-corrected chi connectivity index (χ4v) is 3.60. The Bertz CT molecular complexity index is 584. The molecule has 6 heteroatoms. The first-order valence-corrected chi connectivity index (χ1v) is 8.45. The molecule has 1 heterocycles. The van der Waals surface area contributed by atoms with E-state index < -0.39 is 10.0 Å². The molecule has 0 aromatic heterocycles. The van der Waals surface area contributed by atoms with Crippen molar-refractivity contribution in [2.75, 3.05) is 18.8 Å². The highest BCUT2D eigenvalue weighted by Crippen LogP contribution is 2.20. The maximum Gasteiger partial charge on any atom is 0.219 e. The second-order valence-corrected chi connectivity index (χ2v) is 6.96. The topological polar surface area (TPSA) is 66.5 Å². The van der Waals surface area contributed by atoms with Gasteiger partial charge in [-0.05, 0) is 17.5 Å². The molecule has 1 amide bonds. The van der Waals surface area contributed by atoms with Crippen LogP contribution in [0.1, 0.15) is 24.5 Å². The molecule has 0 spiro atoms. The van der Waals surface area contributed by atoms with Crippen LogP contribution in [0.3, 0.4) is 0 Å². The molecule has 110 valence electrons. The normalized spacial score (nSPS) is 15.7. The third-order valence-electron chi connectivity index (χ3n) is 3.49. The fraction of sp³-hybridized carbons (Fsp3) is 0.500. The van der Waals surface area contributed by atoms with E-state index in [0.717, 1.165) is 12.0 Å². The lowest BCUT2D eigenvalue weighted by Crippen LogP contribution is -2.40. The van der Waals surface area contributed by atoms with Gasteiger partial charge in [-0.25, -0.2) is 8.42 Å². The Balaban J connectivity index is 1.96. The van der Waals surface area contributed by atoms with Crippen molar-refractivity contribution in [1.82, 2.24) is 9.62 Å². The van der Waals surface area contributed by atoms with Crippen molar-refractivity contribution in [3.8, 4) is 0 Å². The van der Waals surface area contributed by atoms with Gasteiger partial charge >= 0.3 is 0 Å². The predicted octanol–water partition coefficient (Wildman–Crippen LogP) is 0.901. The minimum Gasteiger partial charge on any atom is -0.355 e. The zero-order chi connectivity index (χ0) is 14.6. The van der Waals surface area contributed by atoms with E-state index >= 15 is 0 Å². The van der Waals surface area contributed by atoms with Crippen LogP contribution in [-0.4, -0.2) is 37.5 Å². The predicted molar refractivity (Wildman–Crippen MR) is 77.6 cm³/mol. The number of amides is 1. The summed E-state index contributed by atoms with van der Waals surface area (Å²) < 4.78 is 26.0. The second kappa shape index (κ2) is 6.37. The van der Waals surface area contributed by atoms with Crippen LogP contribution in [0, 0.1) is 0 Å². The van der Waals surface area contributed by atoms with Gasteiger partial charge in [0.25, 0.3) is 0 Å². The van der Waals surface area contributed by atoms with Crippen LogP contribution in [0.2, 0.25) is 0 Å². The molecule has 0 atom stereocenters. The molecule has 0 aliphatic carbocycles. The van der Waals surface area contributed by atoms with E-state index in [1.807, 2.05) is 24.3 Å². The van der Waals surface area contributed by atoms with Gasteiger partial charge in [-0.2, -0.15) is 4.31 Å². The van der Waals surface area contributed by atoms with E-state index in [1.54, 1.807) is 6.92 Å². The minimum absolute atomic E-state index is 0.0408. The summed E-state index contributed by atoms with van der Waals surface area (Å²) in [5.41, 5.74) is 2.29. The van der Waals surface area contributed by atoms with Crippen LogP contribution < -0.4 is 5.32 Å². The van der Waals surface area contributed by atoms with Gasteiger partial charge in [0.1, 0.15) is 0 Å². The molecule has 2 rings (SSSR count). The maximum atomic E-state index is 12.2. The molecule has 1 N–H and O–H groups in total. The van der Waals surface area contributed by atoms with Gasteiger partial charge < -0.3 is 5.32 Å². The van der Waals surface area contributed by atoms with Crippen LogP contribution >= 0.6 is 0 Å². The first kappa shape index (κ1) is 15.0. The monoisotopic (exact) mass is 296 g/mol. The summed E-state index contributed by atoms with van der Waals surface area (Å²) >= 11 is 0. The number of carbonyl (C=O) groups excluding carboxylic acids is 1. The molecule has 0 saturated heterocycles. The molecule has 1 aliphatic heterocycles. The first-order chi connectivity index (χ1) is 9.53. The summed E-state index contributed by atoms with van der Waals surface area (Å²) in [5, 5.41) is 2.60. The van der Waals surface area contributed by atoms with E-state index in [-0.39, 0.29) is 18.2 Å². The Kier molecular flexibility index (Phi) is 4.77. The summed E-state index contributed by atoms with van der Waals surface area (Å²) in [4.78, 5) is 11.1. The number of nitrogens with zero attached hydrogens (tertiary/aromatic N) is 1. The number of benzene rings is 1. The number of sulfonamides is 1. The molecule has 0 unspecified atom stereocenters. The summed E-state index contributed by atoms with van der Waals surface area (Å²) in [6.07, 6.45) is 1.12. The molecule has 0 bridgehead atoms. The number of fused-ring (bicyclic) bond motifs is 1. The Morgan fingerprint density at radius 1 is 1.30 bits per heavy atom. The summed E-state index contributed by atoms with van der Waals surface area (Å²) in [6, 6.07) is 7.91. The summed E-state index contributed by atoms with van der Waals surface area (Å²) in [5.74, 6) is -0.162. The van der Waals surface area contributed by atoms with Crippen LogP contribution in [0.15, 0.2) is 24.3 Å². The van der Waals surface area contributed by atoms with Crippen molar-refractivity contribution in [2.45, 2.75) is 26.3 Å². The molecule has 5 nitrogen and oxygen atoms in total. The summed E-state index contributed by atoms with van der Waals surface area (Å²) in [7, 11) is -3.31. The van der Waals surface area contributed by atoms with Crippen LogP contribution in [-0.2, 0) is 27.8 Å². The Hall–Kier alpha value is -1.40. The highest BCUT2D eigenvalue weighted by Gasteiger charge is 2.26. The fourth-order valence-electron chi connectivity index (χ4n) is 2.28. The van der Waals surface area contributed by atoms with Crippen molar-refractivity contribution in [1.29, 1.82) is 0 Å². The van der Waals surface area contributed by atoms with Crippen LogP contribution in [0.25, 0.3) is 0 Å². The van der Waals surface area contributed by atoms with E-state index in [0.29, 0.717) is 19.5 Å². The van der Waals surface area contributed by atoms with Gasteiger partial charge in [-0.3, -0.25) is 4.79 Å². The lowest BCUT2D eigenvalue weighted by atomic mass is 10.0. The molecule has 1 aromatic rings. The molecule has 0 radical (unpaired) electrons. The lowest BCUT2D eigenvalue weighted by molar-refractivity contribution is -0.120. The highest BCUT2D eigenvalue weighted by atomic mass is 32.2. The number of hydrogen-bond acceptors (Lipinski definition) is 3. The highest BCUT2D eigenvalue weighted by molar-refractivity contribution is 7.89. The van der Waals surface area contributed by atoms with E-state index in [4.69, 9.17) is 0 Å². The number of rotatable bonds is 5. The largest absolute Gasteiger partial charge is 0.355 e. The van der Waals surface area contributed by atoms with Crippen LogP contribution in [0.5, 0.6) is 0 Å². The standard InChI is InChI=1S/C14H20N2O3S/c1-2-14(17)15-8-10-20(18,19)16-9-7-12-5-3-4-6-13(12)11-16/h3-6H,2,7-11H2,1H3,(H,15,17). The van der Waals surface area contributed by atoms with Crippen LogP contribution in [0.4, 0.5) is 0 Å². The van der Waals surface area contributed by atoms with Crippen molar-refractivity contribution < 1.29 is 13.2 Å². The quantitative estimate of drug-likeness (QED) is 0.878.